The average Bonchev–Trinajstić information content (AvgIpc) is 3.74. The van der Waals surface area contributed by atoms with E-state index in [2.05, 4.69) is 43.7 Å². The van der Waals surface area contributed by atoms with Crippen LogP contribution in [0, 0.1) is 11.8 Å². The van der Waals surface area contributed by atoms with Crippen LogP contribution in [0.4, 0.5) is 10.5 Å². The number of hydrogen-bond donors (Lipinski definition) is 2. The Hall–Kier alpha value is -4.08. The van der Waals surface area contributed by atoms with E-state index in [4.69, 9.17) is 15.5 Å². The van der Waals surface area contributed by atoms with Gasteiger partial charge in [0.1, 0.15) is 5.60 Å². The Kier molecular flexibility index (Phi) is 6.40. The molecule has 2 atom stereocenters. The number of primary amides is 1. The molecule has 3 aliphatic rings. The smallest absolute Gasteiger partial charge is 0.410 e. The van der Waals surface area contributed by atoms with E-state index in [-0.39, 0.29) is 6.09 Å². The van der Waals surface area contributed by atoms with E-state index in [9.17, 15) is 9.59 Å². The van der Waals surface area contributed by atoms with Gasteiger partial charge in [-0.25, -0.2) is 14.8 Å². The molecule has 4 heterocycles. The molecule has 10 heteroatoms. The molecule has 2 unspecified atom stereocenters. The maximum Gasteiger partial charge on any atom is 0.410 e. The largest absolute Gasteiger partial charge is 0.444 e. The second-order valence-electron chi connectivity index (χ2n) is 13.3. The van der Waals surface area contributed by atoms with Crippen LogP contribution < -0.4 is 10.6 Å². The van der Waals surface area contributed by atoms with Crippen molar-refractivity contribution in [1.82, 2.24) is 24.4 Å². The Balaban J connectivity index is 1.22. The van der Waals surface area contributed by atoms with Gasteiger partial charge in [0.15, 0.2) is 0 Å². The molecule has 1 saturated carbocycles. The Morgan fingerprint density at radius 2 is 1.74 bits per heavy atom. The molecule has 3 N–H and O–H groups in total. The summed E-state index contributed by atoms with van der Waals surface area (Å²) in [5.41, 5.74) is 12.1. The standard InChI is InChI=1S/C32H39N7O3/c1-32(2,3)42-31(41)38-15-20-13-37(14-21(20)16-38)26-12-23(28-29(35-17-34-28)27(26)30(33)40)19-9-10-25-24(11-19)36-18-39(25)22-7-5-4-6-8-22/h9-12,17-18,20-22H,4-8,13-16H2,1-3H3,(H2,33,40)(H,34,35). The number of fused-ring (bicyclic) bond motifs is 3. The molecule has 3 fully saturated rings. The van der Waals surface area contributed by atoms with Crippen molar-refractivity contribution in [2.75, 3.05) is 31.1 Å². The zero-order valence-corrected chi connectivity index (χ0v) is 24.6. The molecule has 42 heavy (non-hydrogen) atoms. The first kappa shape index (κ1) is 26.8. The highest BCUT2D eigenvalue weighted by Gasteiger charge is 2.43. The first-order valence-corrected chi connectivity index (χ1v) is 15.2. The lowest BCUT2D eigenvalue weighted by molar-refractivity contribution is 0.0282. The third-order valence-electron chi connectivity index (χ3n) is 9.26. The zero-order valence-electron chi connectivity index (χ0n) is 24.6. The number of nitrogens with two attached hydrogens (primary N) is 1. The van der Waals surface area contributed by atoms with E-state index >= 15 is 0 Å². The number of likely N-dealkylation sites (tertiary alicyclic amines) is 1. The first-order valence-electron chi connectivity index (χ1n) is 15.2. The predicted molar refractivity (Wildman–Crippen MR) is 162 cm³/mol. The highest BCUT2D eigenvalue weighted by atomic mass is 16.6. The monoisotopic (exact) mass is 569 g/mol. The number of ether oxygens (including phenoxy) is 1. The number of benzene rings is 2. The third kappa shape index (κ3) is 4.66. The van der Waals surface area contributed by atoms with Crippen LogP contribution in [0.2, 0.25) is 0 Å². The lowest BCUT2D eigenvalue weighted by Crippen LogP contribution is -2.37. The SMILES string of the molecule is CC(C)(C)OC(=O)N1CC2CN(c3cc(-c4ccc5c(c4)ncn5C4CCCCC4)c4nc[nH]c4c3C(N)=O)CC2C1. The summed E-state index contributed by atoms with van der Waals surface area (Å²) in [5, 5.41) is 0. The zero-order chi connectivity index (χ0) is 29.2. The van der Waals surface area contributed by atoms with Gasteiger partial charge in [-0.15, -0.1) is 0 Å². The summed E-state index contributed by atoms with van der Waals surface area (Å²) in [6, 6.07) is 9.00. The lowest BCUT2D eigenvalue weighted by atomic mass is 9.95. The predicted octanol–water partition coefficient (Wildman–Crippen LogP) is 5.49. The number of amides is 2. The summed E-state index contributed by atoms with van der Waals surface area (Å²) in [7, 11) is 0. The number of nitrogens with zero attached hydrogens (tertiary/aromatic N) is 5. The van der Waals surface area contributed by atoms with Crippen molar-refractivity contribution >= 4 is 39.8 Å². The van der Waals surface area contributed by atoms with E-state index in [0.29, 0.717) is 47.6 Å². The number of nitrogens with one attached hydrogen (secondary N) is 1. The number of rotatable bonds is 4. The molecular formula is C32H39N7O3. The van der Waals surface area contributed by atoms with Gasteiger partial charge in [-0.05, 0) is 57.4 Å². The topological polar surface area (TPSA) is 122 Å². The van der Waals surface area contributed by atoms with E-state index in [0.717, 1.165) is 40.9 Å². The minimum absolute atomic E-state index is 0.260. The van der Waals surface area contributed by atoms with Crippen molar-refractivity contribution in [1.29, 1.82) is 0 Å². The number of anilines is 1. The van der Waals surface area contributed by atoms with Crippen molar-refractivity contribution in [2.45, 2.75) is 64.5 Å². The summed E-state index contributed by atoms with van der Waals surface area (Å²) >= 11 is 0. The summed E-state index contributed by atoms with van der Waals surface area (Å²) in [6.07, 6.45) is 9.61. The van der Waals surface area contributed by atoms with Crippen molar-refractivity contribution < 1.29 is 14.3 Å². The summed E-state index contributed by atoms with van der Waals surface area (Å²) < 4.78 is 7.95. The van der Waals surface area contributed by atoms with Crippen LogP contribution in [-0.2, 0) is 4.74 Å². The van der Waals surface area contributed by atoms with Gasteiger partial charge in [0.05, 0.1) is 46.0 Å². The lowest BCUT2D eigenvalue weighted by Gasteiger charge is -2.27. The molecule has 2 aliphatic heterocycles. The number of carbonyl (C=O) groups excluding carboxylic acids is 2. The molecule has 2 saturated heterocycles. The van der Waals surface area contributed by atoms with E-state index in [1.54, 1.807) is 6.33 Å². The maximum absolute atomic E-state index is 12.9. The Morgan fingerprint density at radius 3 is 2.43 bits per heavy atom. The minimum Gasteiger partial charge on any atom is -0.444 e. The van der Waals surface area contributed by atoms with Crippen LogP contribution in [-0.4, -0.2) is 68.2 Å². The maximum atomic E-state index is 12.9. The summed E-state index contributed by atoms with van der Waals surface area (Å²) in [5.74, 6) is 0.0958. The van der Waals surface area contributed by atoms with Gasteiger partial charge in [-0.3, -0.25) is 4.79 Å². The third-order valence-corrected chi connectivity index (χ3v) is 9.26. The molecule has 1 aliphatic carbocycles. The van der Waals surface area contributed by atoms with Crippen LogP contribution in [0.15, 0.2) is 36.9 Å². The van der Waals surface area contributed by atoms with Crippen LogP contribution in [0.25, 0.3) is 33.2 Å². The van der Waals surface area contributed by atoms with Crippen LogP contribution in [0.1, 0.15) is 69.3 Å². The van der Waals surface area contributed by atoms with Crippen molar-refractivity contribution in [3.63, 3.8) is 0 Å². The average molecular weight is 570 g/mol. The van der Waals surface area contributed by atoms with E-state index in [1.807, 2.05) is 32.0 Å². The molecular weight excluding hydrogens is 530 g/mol. The Morgan fingerprint density at radius 1 is 1.00 bits per heavy atom. The molecule has 10 nitrogen and oxygen atoms in total. The fourth-order valence-corrected chi connectivity index (χ4v) is 7.33. The normalized spacial score (nSPS) is 21.4. The van der Waals surface area contributed by atoms with E-state index < -0.39 is 11.5 Å². The fraction of sp³-hybridized carbons (Fsp3) is 0.500. The number of carbonyl (C=O) groups is 2. The number of aromatic amines is 1. The van der Waals surface area contributed by atoms with Gasteiger partial charge in [0.2, 0.25) is 0 Å². The molecule has 2 aromatic carbocycles. The van der Waals surface area contributed by atoms with Gasteiger partial charge in [-0.2, -0.15) is 0 Å². The molecule has 7 rings (SSSR count). The van der Waals surface area contributed by atoms with Gasteiger partial charge < -0.3 is 29.8 Å². The fourth-order valence-electron chi connectivity index (χ4n) is 7.33. The van der Waals surface area contributed by atoms with E-state index in [1.165, 1.54) is 32.1 Å². The highest BCUT2D eigenvalue weighted by Crippen LogP contribution is 2.41. The molecule has 2 amide bonds. The van der Waals surface area contributed by atoms with Crippen LogP contribution in [0.5, 0.6) is 0 Å². The highest BCUT2D eigenvalue weighted by molar-refractivity contribution is 6.13. The number of hydrogen-bond acceptors (Lipinski definition) is 6. The number of H-pyrrole nitrogens is 1. The van der Waals surface area contributed by atoms with Crippen LogP contribution in [0.3, 0.4) is 0 Å². The van der Waals surface area contributed by atoms with Crippen molar-refractivity contribution in [3.8, 4) is 11.1 Å². The van der Waals surface area contributed by atoms with Gasteiger partial charge in [0.25, 0.3) is 5.91 Å². The second-order valence-corrected chi connectivity index (χ2v) is 13.3. The summed E-state index contributed by atoms with van der Waals surface area (Å²) in [4.78, 5) is 42.2. The summed E-state index contributed by atoms with van der Waals surface area (Å²) in [6.45, 7) is 8.40. The van der Waals surface area contributed by atoms with Crippen LogP contribution >= 0.6 is 0 Å². The molecule has 0 spiro atoms. The number of imidazole rings is 2. The molecule has 0 radical (unpaired) electrons. The van der Waals surface area contributed by atoms with Gasteiger partial charge >= 0.3 is 6.09 Å². The first-order chi connectivity index (χ1) is 20.2. The molecule has 2 aromatic heterocycles. The minimum atomic E-state index is -0.524. The Bertz CT molecular complexity index is 1660. The second kappa shape index (κ2) is 10.0. The Labute approximate surface area is 245 Å². The molecule has 0 bridgehead atoms. The number of aromatic nitrogens is 4. The van der Waals surface area contributed by atoms with Crippen molar-refractivity contribution in [2.24, 2.45) is 17.6 Å². The van der Waals surface area contributed by atoms with Gasteiger partial charge in [0, 0.05) is 49.6 Å². The quantitative estimate of drug-likeness (QED) is 0.335. The van der Waals surface area contributed by atoms with Gasteiger partial charge in [-0.1, -0.05) is 25.3 Å². The molecule has 220 valence electrons. The van der Waals surface area contributed by atoms with Crippen molar-refractivity contribution in [3.05, 3.63) is 42.5 Å². The molecule has 4 aromatic rings.